The van der Waals surface area contributed by atoms with Gasteiger partial charge in [0.25, 0.3) is 5.91 Å². The van der Waals surface area contributed by atoms with Gasteiger partial charge in [-0.1, -0.05) is 33.6 Å². The number of carbonyl (C=O) groups is 1. The normalized spacial score (nSPS) is 10.8. The second-order valence-corrected chi connectivity index (χ2v) is 7.39. The molecule has 1 amide bonds. The fraction of sp³-hybridized carbons (Fsp3) is 0.0667. The molecule has 0 fully saturated rings. The average molecular weight is 541 g/mol. The van der Waals surface area contributed by atoms with Crippen LogP contribution in [-0.4, -0.2) is 23.8 Å². The second-order valence-electron chi connectivity index (χ2n) is 4.46. The summed E-state index contributed by atoms with van der Waals surface area (Å²) in [4.78, 5) is 11.7. The first-order valence-electron chi connectivity index (χ1n) is 6.45. The van der Waals surface area contributed by atoms with Crippen LogP contribution >= 0.6 is 59.4 Å². The van der Waals surface area contributed by atoms with Crippen LogP contribution in [0.15, 0.2) is 48.9 Å². The van der Waals surface area contributed by atoms with Crippen molar-refractivity contribution < 1.29 is 14.6 Å². The van der Waals surface area contributed by atoms with Crippen molar-refractivity contribution in [3.8, 4) is 11.5 Å². The number of amides is 1. The Hall–Kier alpha value is -1.09. The summed E-state index contributed by atoms with van der Waals surface area (Å²) in [6.07, 6.45) is 1.40. The largest absolute Gasteiger partial charge is 0.506 e. The third-order valence-electron chi connectivity index (χ3n) is 2.73. The summed E-state index contributed by atoms with van der Waals surface area (Å²) >= 11 is 15.7. The van der Waals surface area contributed by atoms with Crippen LogP contribution in [0, 0.1) is 0 Å². The van der Waals surface area contributed by atoms with Crippen molar-refractivity contribution in [2.24, 2.45) is 5.10 Å². The third-order valence-corrected chi connectivity index (χ3v) is 5.03. The zero-order valence-electron chi connectivity index (χ0n) is 11.9. The molecular weight excluding hydrogens is 531 g/mol. The third kappa shape index (κ3) is 5.20. The van der Waals surface area contributed by atoms with Crippen molar-refractivity contribution >= 4 is 71.5 Å². The van der Waals surface area contributed by atoms with Crippen molar-refractivity contribution in [2.75, 3.05) is 6.61 Å². The molecule has 0 radical (unpaired) electrons. The highest BCUT2D eigenvalue weighted by atomic mass is 79.9. The zero-order valence-corrected chi connectivity index (χ0v) is 17.4. The highest BCUT2D eigenvalue weighted by Gasteiger charge is 2.12. The highest BCUT2D eigenvalue weighted by Crippen LogP contribution is 2.38. The number of phenolic OH excluding ortho intramolecular Hbond substituents is 1. The Balaban J connectivity index is 1.94. The number of rotatable bonds is 5. The van der Waals surface area contributed by atoms with Gasteiger partial charge in [0, 0.05) is 15.1 Å². The molecule has 0 bridgehead atoms. The Morgan fingerprint density at radius 2 is 2.04 bits per heavy atom. The van der Waals surface area contributed by atoms with E-state index < -0.39 is 5.91 Å². The minimum Gasteiger partial charge on any atom is -0.506 e. The van der Waals surface area contributed by atoms with Gasteiger partial charge in [-0.2, -0.15) is 5.10 Å². The maximum absolute atomic E-state index is 11.7. The van der Waals surface area contributed by atoms with Gasteiger partial charge in [-0.05, 0) is 56.1 Å². The molecule has 0 aliphatic heterocycles. The predicted octanol–water partition coefficient (Wildman–Crippen LogP) is 4.86. The number of benzene rings is 2. The van der Waals surface area contributed by atoms with Crippen molar-refractivity contribution in [3.05, 3.63) is 54.3 Å². The van der Waals surface area contributed by atoms with E-state index in [4.69, 9.17) is 16.3 Å². The quantitative estimate of drug-likeness (QED) is 0.420. The molecule has 0 atom stereocenters. The van der Waals surface area contributed by atoms with Gasteiger partial charge < -0.3 is 9.84 Å². The summed E-state index contributed by atoms with van der Waals surface area (Å²) in [6.45, 7) is -0.203. The van der Waals surface area contributed by atoms with Crippen LogP contribution in [0.4, 0.5) is 0 Å². The summed E-state index contributed by atoms with van der Waals surface area (Å²) in [5, 5.41) is 14.2. The number of hydrazone groups is 1. The molecule has 0 aromatic heterocycles. The number of hydrogen-bond acceptors (Lipinski definition) is 4. The summed E-state index contributed by atoms with van der Waals surface area (Å²) in [5.74, 6) is 0.0972. The molecule has 5 nitrogen and oxygen atoms in total. The molecule has 2 rings (SSSR count). The number of ether oxygens (including phenoxy) is 1. The molecule has 0 saturated heterocycles. The first-order valence-corrected chi connectivity index (χ1v) is 9.21. The van der Waals surface area contributed by atoms with E-state index in [2.05, 4.69) is 58.3 Å². The Bertz CT molecular complexity index is 800. The van der Waals surface area contributed by atoms with Gasteiger partial charge in [-0.25, -0.2) is 5.43 Å². The molecule has 9 heteroatoms. The van der Waals surface area contributed by atoms with Crippen molar-refractivity contribution in [2.45, 2.75) is 0 Å². The van der Waals surface area contributed by atoms with Gasteiger partial charge >= 0.3 is 0 Å². The standard InChI is InChI=1S/C15H10Br3ClN2O3/c16-11-5-12(17)15(23)14(18)10(11)6-20-21-13(22)7-24-9-3-1-2-8(19)4-9/h1-6,23H,7H2,(H,21,22). The lowest BCUT2D eigenvalue weighted by Gasteiger charge is -2.07. The number of carbonyl (C=O) groups excluding carboxylic acids is 1. The number of aromatic hydroxyl groups is 1. The van der Waals surface area contributed by atoms with Crippen molar-refractivity contribution in [1.29, 1.82) is 0 Å². The van der Waals surface area contributed by atoms with E-state index in [1.54, 1.807) is 30.3 Å². The van der Waals surface area contributed by atoms with Gasteiger partial charge in [0.15, 0.2) is 6.61 Å². The Labute approximate surface area is 168 Å². The molecule has 0 heterocycles. The van der Waals surface area contributed by atoms with E-state index in [0.717, 1.165) is 0 Å². The number of halogens is 4. The minimum absolute atomic E-state index is 0.0373. The molecule has 126 valence electrons. The van der Waals surface area contributed by atoms with Crippen molar-refractivity contribution in [1.82, 2.24) is 5.43 Å². The smallest absolute Gasteiger partial charge is 0.277 e. The van der Waals surface area contributed by atoms with Crippen LogP contribution in [-0.2, 0) is 4.79 Å². The van der Waals surface area contributed by atoms with E-state index in [9.17, 15) is 9.90 Å². The first-order chi connectivity index (χ1) is 11.4. The molecule has 0 aliphatic carbocycles. The lowest BCUT2D eigenvalue weighted by molar-refractivity contribution is -0.123. The zero-order chi connectivity index (χ0) is 17.7. The van der Waals surface area contributed by atoms with Crippen LogP contribution < -0.4 is 10.2 Å². The van der Waals surface area contributed by atoms with E-state index in [1.165, 1.54) is 6.21 Å². The molecule has 0 saturated carbocycles. The average Bonchev–Trinajstić information content (AvgIpc) is 2.54. The highest BCUT2D eigenvalue weighted by molar-refractivity contribution is 9.11. The molecule has 2 aromatic carbocycles. The van der Waals surface area contributed by atoms with Crippen LogP contribution in [0.5, 0.6) is 11.5 Å². The van der Waals surface area contributed by atoms with Crippen molar-refractivity contribution in [3.63, 3.8) is 0 Å². The fourth-order valence-electron chi connectivity index (χ4n) is 1.62. The van der Waals surface area contributed by atoms with E-state index >= 15 is 0 Å². The lowest BCUT2D eigenvalue weighted by atomic mass is 10.2. The minimum atomic E-state index is -0.431. The monoisotopic (exact) mass is 538 g/mol. The SMILES string of the molecule is O=C(COc1cccc(Cl)c1)NN=Cc1c(Br)cc(Br)c(O)c1Br. The number of phenols is 1. The molecule has 0 aliphatic rings. The molecule has 0 unspecified atom stereocenters. The second kappa shape index (κ2) is 8.84. The topological polar surface area (TPSA) is 70.9 Å². The fourth-order valence-corrected chi connectivity index (χ4v) is 4.13. The van der Waals surface area contributed by atoms with Gasteiger partial charge in [-0.3, -0.25) is 4.79 Å². The maximum Gasteiger partial charge on any atom is 0.277 e. The summed E-state index contributed by atoms with van der Waals surface area (Å²) in [7, 11) is 0. The van der Waals surface area contributed by atoms with Gasteiger partial charge in [0.05, 0.1) is 15.2 Å². The van der Waals surface area contributed by atoms with E-state index in [0.29, 0.717) is 29.8 Å². The Kier molecular flexibility index (Phi) is 7.09. The maximum atomic E-state index is 11.7. The molecular formula is C15H10Br3ClN2O3. The Morgan fingerprint density at radius 3 is 2.75 bits per heavy atom. The number of nitrogens with one attached hydrogen (secondary N) is 1. The van der Waals surface area contributed by atoms with Gasteiger partial charge in [-0.15, -0.1) is 0 Å². The molecule has 0 spiro atoms. The van der Waals surface area contributed by atoms with Gasteiger partial charge in [0.1, 0.15) is 11.5 Å². The number of nitrogens with zero attached hydrogens (tertiary/aromatic N) is 1. The van der Waals surface area contributed by atoms with E-state index in [1.807, 2.05) is 0 Å². The number of hydrogen-bond donors (Lipinski definition) is 2. The lowest BCUT2D eigenvalue weighted by Crippen LogP contribution is -2.24. The van der Waals surface area contributed by atoms with Crippen LogP contribution in [0.25, 0.3) is 0 Å². The predicted molar refractivity (Wildman–Crippen MR) is 104 cm³/mol. The Morgan fingerprint density at radius 1 is 1.29 bits per heavy atom. The summed E-state index contributed by atoms with van der Waals surface area (Å²) < 4.78 is 6.95. The van der Waals surface area contributed by atoms with Gasteiger partial charge in [0.2, 0.25) is 0 Å². The molecule has 2 N–H and O–H groups in total. The first kappa shape index (κ1) is 19.2. The summed E-state index contributed by atoms with van der Waals surface area (Å²) in [6, 6.07) is 8.41. The molecule has 24 heavy (non-hydrogen) atoms. The van der Waals surface area contributed by atoms with Crippen LogP contribution in [0.2, 0.25) is 5.02 Å². The molecule has 2 aromatic rings. The van der Waals surface area contributed by atoms with E-state index in [-0.39, 0.29) is 12.4 Å². The van der Waals surface area contributed by atoms with Crippen LogP contribution in [0.3, 0.4) is 0 Å². The summed E-state index contributed by atoms with van der Waals surface area (Å²) in [5.41, 5.74) is 2.92. The van der Waals surface area contributed by atoms with Crippen LogP contribution in [0.1, 0.15) is 5.56 Å².